The van der Waals surface area contributed by atoms with Crippen LogP contribution in [0.25, 0.3) is 5.82 Å². The Morgan fingerprint density at radius 1 is 1.48 bits per heavy atom. The van der Waals surface area contributed by atoms with Crippen molar-refractivity contribution in [3.05, 3.63) is 38.9 Å². The third kappa shape index (κ3) is 2.85. The van der Waals surface area contributed by atoms with Crippen molar-refractivity contribution in [2.24, 2.45) is 5.92 Å². The van der Waals surface area contributed by atoms with Gasteiger partial charge in [-0.25, -0.2) is 9.67 Å². The molecule has 0 radical (unpaired) electrons. The number of halogens is 1. The van der Waals surface area contributed by atoms with Gasteiger partial charge in [-0.15, -0.1) is 0 Å². The summed E-state index contributed by atoms with van der Waals surface area (Å²) in [6, 6.07) is 3.85. The predicted octanol–water partition coefficient (Wildman–Crippen LogP) is 1.00. The van der Waals surface area contributed by atoms with Gasteiger partial charge in [0.05, 0.1) is 24.4 Å². The van der Waals surface area contributed by atoms with Crippen molar-refractivity contribution in [2.45, 2.75) is 31.2 Å². The molecule has 0 spiro atoms. The van der Waals surface area contributed by atoms with E-state index in [-0.39, 0.29) is 19.1 Å². The standard InChI is InChI=1S/C17H19IN4O3/c1-17(7-23,8-24)20-16(25)14-12-5-9-4-11(9)15(12)22(21-14)13-6-10(18)2-3-19-13/h2-3,6,9,11,23-24H,4-5,7-8H2,1H3,(H,20,25)/t9-,11-/m1/s1. The Hall–Kier alpha value is -1.52. The number of aromatic nitrogens is 3. The maximum absolute atomic E-state index is 12.7. The summed E-state index contributed by atoms with van der Waals surface area (Å²) in [6.45, 7) is 0.907. The molecule has 1 fully saturated rings. The Kier molecular flexibility index (Phi) is 4.08. The van der Waals surface area contributed by atoms with E-state index in [0.717, 1.165) is 27.7 Å². The third-order valence-electron chi connectivity index (χ3n) is 5.02. The minimum atomic E-state index is -1.07. The highest BCUT2D eigenvalue weighted by atomic mass is 127. The topological polar surface area (TPSA) is 100 Å². The van der Waals surface area contributed by atoms with Gasteiger partial charge in [0.1, 0.15) is 0 Å². The fourth-order valence-electron chi connectivity index (χ4n) is 3.44. The number of carbonyl (C=O) groups is 1. The van der Waals surface area contributed by atoms with Crippen LogP contribution in [0.15, 0.2) is 18.3 Å². The maximum atomic E-state index is 12.7. The fourth-order valence-corrected chi connectivity index (χ4v) is 3.88. The molecule has 4 rings (SSSR count). The van der Waals surface area contributed by atoms with Gasteiger partial charge in [-0.3, -0.25) is 4.79 Å². The van der Waals surface area contributed by atoms with Crippen LogP contribution < -0.4 is 5.32 Å². The van der Waals surface area contributed by atoms with Gasteiger partial charge in [0.2, 0.25) is 0 Å². The molecule has 1 amide bonds. The summed E-state index contributed by atoms with van der Waals surface area (Å²) < 4.78 is 2.84. The number of hydrogen-bond donors (Lipinski definition) is 3. The van der Waals surface area contributed by atoms with Crippen LogP contribution in [0, 0.1) is 9.49 Å². The van der Waals surface area contributed by atoms with Crippen molar-refractivity contribution >= 4 is 28.5 Å². The van der Waals surface area contributed by atoms with E-state index in [9.17, 15) is 15.0 Å². The number of hydrogen-bond acceptors (Lipinski definition) is 5. The largest absolute Gasteiger partial charge is 0.394 e. The summed E-state index contributed by atoms with van der Waals surface area (Å²) in [7, 11) is 0. The van der Waals surface area contributed by atoms with Gasteiger partial charge >= 0.3 is 0 Å². The molecule has 0 aliphatic heterocycles. The van der Waals surface area contributed by atoms with Crippen molar-refractivity contribution in [3.63, 3.8) is 0 Å². The van der Waals surface area contributed by atoms with E-state index in [1.165, 1.54) is 0 Å². The molecule has 2 heterocycles. The molecule has 0 aromatic carbocycles. The van der Waals surface area contributed by atoms with E-state index in [4.69, 9.17) is 0 Å². The van der Waals surface area contributed by atoms with Gasteiger partial charge in [-0.2, -0.15) is 5.10 Å². The summed E-state index contributed by atoms with van der Waals surface area (Å²) in [5.41, 5.74) is 1.35. The molecular formula is C17H19IN4O3. The van der Waals surface area contributed by atoms with E-state index >= 15 is 0 Å². The summed E-state index contributed by atoms with van der Waals surface area (Å²) in [6.07, 6.45) is 3.72. The number of nitrogens with zero attached hydrogens (tertiary/aromatic N) is 3. The molecule has 25 heavy (non-hydrogen) atoms. The van der Waals surface area contributed by atoms with Gasteiger partial charge < -0.3 is 15.5 Å². The zero-order valence-electron chi connectivity index (χ0n) is 13.7. The quantitative estimate of drug-likeness (QED) is 0.586. The van der Waals surface area contributed by atoms with Crippen LogP contribution in [-0.4, -0.2) is 49.6 Å². The van der Waals surface area contributed by atoms with Crippen LogP contribution in [0.4, 0.5) is 0 Å². The first kappa shape index (κ1) is 16.9. The summed E-state index contributed by atoms with van der Waals surface area (Å²) in [5.74, 6) is 1.38. The molecule has 7 nitrogen and oxygen atoms in total. The summed E-state index contributed by atoms with van der Waals surface area (Å²) in [4.78, 5) is 17.1. The minimum Gasteiger partial charge on any atom is -0.394 e. The molecule has 2 aromatic heterocycles. The molecule has 0 unspecified atom stereocenters. The molecule has 2 aliphatic carbocycles. The lowest BCUT2D eigenvalue weighted by molar-refractivity contribution is 0.0718. The zero-order valence-corrected chi connectivity index (χ0v) is 15.9. The average Bonchev–Trinajstić information content (AvgIpc) is 3.10. The van der Waals surface area contributed by atoms with E-state index in [0.29, 0.717) is 23.3 Å². The Morgan fingerprint density at radius 2 is 2.24 bits per heavy atom. The Bertz CT molecular complexity index is 846. The first-order chi connectivity index (χ1) is 12.0. The molecular weight excluding hydrogens is 435 g/mol. The monoisotopic (exact) mass is 454 g/mol. The second-order valence-electron chi connectivity index (χ2n) is 7.09. The van der Waals surface area contributed by atoms with Crippen LogP contribution >= 0.6 is 22.6 Å². The van der Waals surface area contributed by atoms with Crippen molar-refractivity contribution < 1.29 is 15.0 Å². The lowest BCUT2D eigenvalue weighted by Gasteiger charge is -2.25. The van der Waals surface area contributed by atoms with Crippen molar-refractivity contribution in [3.8, 4) is 5.82 Å². The van der Waals surface area contributed by atoms with Crippen LogP contribution in [0.2, 0.25) is 0 Å². The smallest absolute Gasteiger partial charge is 0.272 e. The Labute approximate surface area is 158 Å². The highest BCUT2D eigenvalue weighted by molar-refractivity contribution is 14.1. The van der Waals surface area contributed by atoms with E-state index in [1.54, 1.807) is 17.8 Å². The SMILES string of the molecule is CC(CO)(CO)NC(=O)c1nn(-c2cc(I)ccn2)c2c1C[C@H]1C[C@@H]21. The van der Waals surface area contributed by atoms with E-state index < -0.39 is 5.54 Å². The molecule has 0 bridgehead atoms. The van der Waals surface area contributed by atoms with Gasteiger partial charge in [0, 0.05) is 21.2 Å². The molecule has 1 saturated carbocycles. The van der Waals surface area contributed by atoms with Gasteiger partial charge in [0.15, 0.2) is 11.5 Å². The molecule has 2 aliphatic rings. The van der Waals surface area contributed by atoms with Crippen LogP contribution in [0.3, 0.4) is 0 Å². The zero-order chi connectivity index (χ0) is 17.8. The number of amides is 1. The predicted molar refractivity (Wildman–Crippen MR) is 98.7 cm³/mol. The number of pyridine rings is 1. The molecule has 132 valence electrons. The molecule has 2 aromatic rings. The number of aliphatic hydroxyl groups excluding tert-OH is 2. The first-order valence-electron chi connectivity index (χ1n) is 8.23. The lowest BCUT2D eigenvalue weighted by Crippen LogP contribution is -2.52. The van der Waals surface area contributed by atoms with Crippen LogP contribution in [0.1, 0.15) is 41.0 Å². The molecule has 8 heteroatoms. The average molecular weight is 454 g/mol. The van der Waals surface area contributed by atoms with Gasteiger partial charge in [-0.1, -0.05) is 0 Å². The minimum absolute atomic E-state index is 0.345. The van der Waals surface area contributed by atoms with Gasteiger partial charge in [0.25, 0.3) is 5.91 Å². The van der Waals surface area contributed by atoms with Crippen LogP contribution in [0.5, 0.6) is 0 Å². The second kappa shape index (κ2) is 6.03. The van der Waals surface area contributed by atoms with Gasteiger partial charge in [-0.05, 0) is 60.4 Å². The lowest BCUT2D eigenvalue weighted by atomic mass is 10.0. The third-order valence-corrected chi connectivity index (χ3v) is 5.69. The van der Waals surface area contributed by atoms with Crippen molar-refractivity contribution in [2.75, 3.05) is 13.2 Å². The molecule has 0 saturated heterocycles. The maximum Gasteiger partial charge on any atom is 0.272 e. The Morgan fingerprint density at radius 3 is 2.92 bits per heavy atom. The highest BCUT2D eigenvalue weighted by Crippen LogP contribution is 2.57. The summed E-state index contributed by atoms with van der Waals surface area (Å²) >= 11 is 2.23. The fraction of sp³-hybridized carbons (Fsp3) is 0.471. The number of aliphatic hydroxyl groups is 2. The normalized spacial score (nSPS) is 21.0. The number of nitrogens with one attached hydrogen (secondary N) is 1. The van der Waals surface area contributed by atoms with Crippen molar-refractivity contribution in [1.29, 1.82) is 0 Å². The first-order valence-corrected chi connectivity index (χ1v) is 9.31. The number of fused-ring (bicyclic) bond motifs is 3. The Balaban J connectivity index is 1.74. The second-order valence-corrected chi connectivity index (χ2v) is 8.34. The number of carbonyl (C=O) groups excluding carboxylic acids is 1. The van der Waals surface area contributed by atoms with E-state index in [2.05, 4.69) is 38.0 Å². The van der Waals surface area contributed by atoms with Crippen LogP contribution in [-0.2, 0) is 6.42 Å². The number of rotatable bonds is 5. The molecule has 2 atom stereocenters. The van der Waals surface area contributed by atoms with Crippen molar-refractivity contribution in [1.82, 2.24) is 20.1 Å². The summed E-state index contributed by atoms with van der Waals surface area (Å²) in [5, 5.41) is 26.1. The van der Waals surface area contributed by atoms with E-state index in [1.807, 2.05) is 12.1 Å². The molecule has 3 N–H and O–H groups in total. The highest BCUT2D eigenvalue weighted by Gasteiger charge is 2.50.